The van der Waals surface area contributed by atoms with Gasteiger partial charge < -0.3 is 15.5 Å². The summed E-state index contributed by atoms with van der Waals surface area (Å²) in [5.41, 5.74) is 2.19. The summed E-state index contributed by atoms with van der Waals surface area (Å²) < 4.78 is 0. The van der Waals surface area contributed by atoms with E-state index in [1.807, 2.05) is 19.1 Å². The molecule has 1 aromatic rings. The second kappa shape index (κ2) is 5.41. The number of urea groups is 1. The summed E-state index contributed by atoms with van der Waals surface area (Å²) in [5.74, 6) is -0.0145. The number of amides is 3. The van der Waals surface area contributed by atoms with Gasteiger partial charge in [0.25, 0.3) is 5.91 Å². The van der Waals surface area contributed by atoms with Gasteiger partial charge in [-0.25, -0.2) is 4.79 Å². The van der Waals surface area contributed by atoms with E-state index in [4.69, 9.17) is 11.6 Å². The number of carbonyl (C=O) groups is 2. The number of rotatable bonds is 3. The van der Waals surface area contributed by atoms with Crippen LogP contribution in [-0.2, 0) is 4.79 Å². The second-order valence-corrected chi connectivity index (χ2v) is 5.64. The fraction of sp³-hybridized carbons (Fsp3) is 0.333. The van der Waals surface area contributed by atoms with E-state index >= 15 is 0 Å². The van der Waals surface area contributed by atoms with Crippen LogP contribution in [0.5, 0.6) is 0 Å². The van der Waals surface area contributed by atoms with Gasteiger partial charge in [0.1, 0.15) is 0 Å². The van der Waals surface area contributed by atoms with E-state index in [1.165, 1.54) is 0 Å². The molecular weight excluding hydrogens is 290 g/mol. The summed E-state index contributed by atoms with van der Waals surface area (Å²) in [4.78, 5) is 26.1. The molecule has 2 heterocycles. The monoisotopic (exact) mass is 305 g/mol. The quantitative estimate of drug-likeness (QED) is 0.899. The Hall–Kier alpha value is -2.01. The van der Waals surface area contributed by atoms with Crippen molar-refractivity contribution in [2.24, 2.45) is 0 Å². The Morgan fingerprint density at radius 3 is 2.67 bits per heavy atom. The lowest BCUT2D eigenvalue weighted by Gasteiger charge is -2.25. The van der Waals surface area contributed by atoms with E-state index in [-0.39, 0.29) is 11.9 Å². The van der Waals surface area contributed by atoms with Crippen LogP contribution in [0.4, 0.5) is 4.79 Å². The van der Waals surface area contributed by atoms with Crippen LogP contribution in [0.2, 0.25) is 5.02 Å². The molecule has 5 nitrogen and oxygen atoms in total. The lowest BCUT2D eigenvalue weighted by molar-refractivity contribution is -0.125. The van der Waals surface area contributed by atoms with Crippen molar-refractivity contribution in [2.75, 3.05) is 13.1 Å². The predicted molar refractivity (Wildman–Crippen MR) is 79.8 cm³/mol. The molecule has 0 radical (unpaired) electrons. The third-order valence-electron chi connectivity index (χ3n) is 3.72. The number of halogens is 1. The van der Waals surface area contributed by atoms with Crippen molar-refractivity contribution >= 4 is 23.5 Å². The minimum absolute atomic E-state index is 0.0145. The maximum absolute atomic E-state index is 12.5. The Balaban J connectivity index is 1.96. The third-order valence-corrected chi connectivity index (χ3v) is 3.97. The molecule has 2 N–H and O–H groups in total. The highest BCUT2D eigenvalue weighted by Crippen LogP contribution is 2.32. The van der Waals surface area contributed by atoms with Crippen molar-refractivity contribution in [1.82, 2.24) is 15.5 Å². The number of nitrogens with one attached hydrogen (secondary N) is 2. The molecule has 110 valence electrons. The first-order valence-corrected chi connectivity index (χ1v) is 7.33. The van der Waals surface area contributed by atoms with Crippen LogP contribution < -0.4 is 10.6 Å². The van der Waals surface area contributed by atoms with E-state index in [0.29, 0.717) is 29.4 Å². The second-order valence-electron chi connectivity index (χ2n) is 5.20. The zero-order valence-corrected chi connectivity index (χ0v) is 12.4. The molecule has 0 fully saturated rings. The van der Waals surface area contributed by atoms with Crippen LogP contribution >= 0.6 is 11.6 Å². The zero-order valence-electron chi connectivity index (χ0n) is 11.6. The number of benzene rings is 1. The number of nitrogens with zero attached hydrogens (tertiary/aromatic N) is 1. The van der Waals surface area contributed by atoms with Crippen LogP contribution in [0.25, 0.3) is 0 Å². The summed E-state index contributed by atoms with van der Waals surface area (Å²) in [6.07, 6.45) is 0.888. The van der Waals surface area contributed by atoms with E-state index in [9.17, 15) is 9.59 Å². The maximum Gasteiger partial charge on any atom is 0.319 e. The fourth-order valence-corrected chi connectivity index (χ4v) is 2.91. The topological polar surface area (TPSA) is 61.4 Å². The lowest BCUT2D eigenvalue weighted by atomic mass is 9.96. The van der Waals surface area contributed by atoms with Crippen LogP contribution in [0.3, 0.4) is 0 Å². The fourth-order valence-electron chi connectivity index (χ4n) is 2.78. The van der Waals surface area contributed by atoms with Crippen LogP contribution in [0.1, 0.15) is 24.9 Å². The highest BCUT2D eigenvalue weighted by Gasteiger charge is 2.39. The molecule has 3 rings (SSSR count). The van der Waals surface area contributed by atoms with Gasteiger partial charge in [0.15, 0.2) is 0 Å². The highest BCUT2D eigenvalue weighted by atomic mass is 35.5. The Morgan fingerprint density at radius 2 is 2.00 bits per heavy atom. The van der Waals surface area contributed by atoms with Gasteiger partial charge in [0.05, 0.1) is 23.9 Å². The first-order valence-electron chi connectivity index (χ1n) is 6.95. The standard InChI is InChI=1S/C15H16ClN3O2/c1-2-7-19-8-11-12(14(19)20)13(18-15(21)17-11)9-3-5-10(16)6-4-9/h3-6,13H,2,7-8H2,1H3,(H2,17,18,21). The Labute approximate surface area is 128 Å². The van der Waals surface area contributed by atoms with Gasteiger partial charge >= 0.3 is 6.03 Å². The average Bonchev–Trinajstić information content (AvgIpc) is 2.76. The van der Waals surface area contributed by atoms with E-state index < -0.39 is 6.04 Å². The Bertz CT molecular complexity index is 624. The molecule has 2 aliphatic heterocycles. The molecule has 21 heavy (non-hydrogen) atoms. The third kappa shape index (κ3) is 2.49. The van der Waals surface area contributed by atoms with Crippen molar-refractivity contribution in [1.29, 1.82) is 0 Å². The van der Waals surface area contributed by atoms with Gasteiger partial charge in [0.2, 0.25) is 0 Å². The Morgan fingerprint density at radius 1 is 1.29 bits per heavy atom. The normalized spacial score (nSPS) is 21.2. The minimum atomic E-state index is -0.416. The van der Waals surface area contributed by atoms with Crippen LogP contribution in [0, 0.1) is 0 Å². The summed E-state index contributed by atoms with van der Waals surface area (Å²) in [5, 5.41) is 6.19. The molecule has 0 bridgehead atoms. The van der Waals surface area contributed by atoms with Crippen molar-refractivity contribution in [3.63, 3.8) is 0 Å². The summed E-state index contributed by atoms with van der Waals surface area (Å²) >= 11 is 5.90. The predicted octanol–water partition coefficient (Wildman–Crippen LogP) is 2.20. The van der Waals surface area contributed by atoms with Gasteiger partial charge in [0, 0.05) is 11.6 Å². The molecule has 0 aromatic heterocycles. The molecule has 1 atom stereocenters. The molecule has 0 saturated heterocycles. The molecule has 6 heteroatoms. The SMILES string of the molecule is CCCN1CC2=C(C1=O)C(c1ccc(Cl)cc1)NC(=O)N2. The number of hydrogen-bond acceptors (Lipinski definition) is 2. The molecular formula is C15H16ClN3O2. The van der Waals surface area contributed by atoms with E-state index in [0.717, 1.165) is 12.0 Å². The lowest BCUT2D eigenvalue weighted by Crippen LogP contribution is -2.44. The van der Waals surface area contributed by atoms with Crippen molar-refractivity contribution in [3.8, 4) is 0 Å². The van der Waals surface area contributed by atoms with Gasteiger partial charge in [-0.05, 0) is 24.1 Å². The van der Waals surface area contributed by atoms with Gasteiger partial charge in [-0.3, -0.25) is 4.79 Å². The molecule has 1 aromatic carbocycles. The molecule has 0 spiro atoms. The molecule has 0 aliphatic carbocycles. The van der Waals surface area contributed by atoms with Crippen LogP contribution in [0.15, 0.2) is 35.5 Å². The van der Waals surface area contributed by atoms with Crippen molar-refractivity contribution in [3.05, 3.63) is 46.1 Å². The first-order chi connectivity index (χ1) is 10.1. The molecule has 0 saturated carbocycles. The van der Waals surface area contributed by atoms with E-state index in [2.05, 4.69) is 10.6 Å². The maximum atomic E-state index is 12.5. The Kier molecular flexibility index (Phi) is 3.59. The number of hydrogen-bond donors (Lipinski definition) is 2. The molecule has 3 amide bonds. The van der Waals surface area contributed by atoms with Crippen molar-refractivity contribution < 1.29 is 9.59 Å². The summed E-state index contributed by atoms with van der Waals surface area (Å²) in [6.45, 7) is 3.19. The van der Waals surface area contributed by atoms with Gasteiger partial charge in [-0.2, -0.15) is 0 Å². The highest BCUT2D eigenvalue weighted by molar-refractivity contribution is 6.30. The molecule has 1 unspecified atom stereocenters. The zero-order chi connectivity index (χ0) is 15.0. The molecule has 2 aliphatic rings. The average molecular weight is 306 g/mol. The van der Waals surface area contributed by atoms with Gasteiger partial charge in [-0.15, -0.1) is 0 Å². The largest absolute Gasteiger partial charge is 0.333 e. The summed E-state index contributed by atoms with van der Waals surface area (Å²) in [6, 6.07) is 6.49. The smallest absolute Gasteiger partial charge is 0.319 e. The summed E-state index contributed by atoms with van der Waals surface area (Å²) in [7, 11) is 0. The first kappa shape index (κ1) is 13.9. The van der Waals surface area contributed by atoms with Crippen molar-refractivity contribution in [2.45, 2.75) is 19.4 Å². The van der Waals surface area contributed by atoms with Gasteiger partial charge in [-0.1, -0.05) is 30.7 Å². The minimum Gasteiger partial charge on any atom is -0.333 e. The van der Waals surface area contributed by atoms with E-state index in [1.54, 1.807) is 17.0 Å². The number of carbonyl (C=O) groups excluding carboxylic acids is 2. The van der Waals surface area contributed by atoms with Crippen LogP contribution in [-0.4, -0.2) is 29.9 Å².